The van der Waals surface area contributed by atoms with Crippen LogP contribution in [0.4, 0.5) is 11.4 Å². The van der Waals surface area contributed by atoms with Gasteiger partial charge in [0.15, 0.2) is 0 Å². The van der Waals surface area contributed by atoms with E-state index in [1.807, 2.05) is 20.2 Å². The third-order valence-corrected chi connectivity index (χ3v) is 8.20. The number of rotatable bonds is 6. The van der Waals surface area contributed by atoms with Gasteiger partial charge in [-0.15, -0.1) is 0 Å². The number of hydrogen-bond donors (Lipinski definition) is 0. The standard InChI is InChI=1S/C29H40N3O2/c1-5-27(33)28(34)32(3,4)26-13-9-10-24(22-26)29(16-14-23(2)15-17-29)31-20-18-30(19-21-31)25-11-7-6-8-12-25/h6-13,22-23H,5,14-21H2,1-4H3/q+1. The summed E-state index contributed by atoms with van der Waals surface area (Å²) in [5.74, 6) is 0.0916. The van der Waals surface area contributed by atoms with E-state index in [4.69, 9.17) is 0 Å². The molecule has 0 bridgehead atoms. The summed E-state index contributed by atoms with van der Waals surface area (Å²) in [5.41, 5.74) is 3.48. The topological polar surface area (TPSA) is 40.6 Å². The second-order valence-electron chi connectivity index (χ2n) is 10.6. The number of Topliss-reactive ketones (excluding diaryl/α,β-unsaturated/α-hetero) is 1. The van der Waals surface area contributed by atoms with Crippen molar-refractivity contribution in [3.8, 4) is 0 Å². The van der Waals surface area contributed by atoms with Gasteiger partial charge in [0.05, 0.1) is 14.1 Å². The lowest BCUT2D eigenvalue weighted by Crippen LogP contribution is -2.57. The minimum absolute atomic E-state index is 0.0108. The Morgan fingerprint density at radius 3 is 2.21 bits per heavy atom. The van der Waals surface area contributed by atoms with Crippen LogP contribution in [0.1, 0.15) is 51.5 Å². The lowest BCUT2D eigenvalue weighted by molar-refractivity contribution is -0.142. The first-order chi connectivity index (χ1) is 16.3. The van der Waals surface area contributed by atoms with Gasteiger partial charge in [0, 0.05) is 49.9 Å². The van der Waals surface area contributed by atoms with Crippen molar-refractivity contribution in [2.24, 2.45) is 5.92 Å². The van der Waals surface area contributed by atoms with Crippen LogP contribution >= 0.6 is 0 Å². The number of benzene rings is 2. The molecule has 1 saturated carbocycles. The normalized spacial score (nSPS) is 24.1. The zero-order valence-corrected chi connectivity index (χ0v) is 21.3. The van der Waals surface area contributed by atoms with E-state index in [-0.39, 0.29) is 28.1 Å². The van der Waals surface area contributed by atoms with Crippen molar-refractivity contribution in [2.75, 3.05) is 45.2 Å². The summed E-state index contributed by atoms with van der Waals surface area (Å²) in [4.78, 5) is 30.3. The van der Waals surface area contributed by atoms with Crippen molar-refractivity contribution in [2.45, 2.75) is 51.5 Å². The van der Waals surface area contributed by atoms with E-state index in [1.54, 1.807) is 6.92 Å². The van der Waals surface area contributed by atoms with E-state index < -0.39 is 0 Å². The third-order valence-electron chi connectivity index (χ3n) is 8.20. The second kappa shape index (κ2) is 10.0. The number of quaternary nitrogens is 1. The molecule has 2 aromatic carbocycles. The zero-order valence-electron chi connectivity index (χ0n) is 21.3. The molecule has 1 aliphatic carbocycles. The highest BCUT2D eigenvalue weighted by molar-refractivity contribution is 6.38. The van der Waals surface area contributed by atoms with E-state index >= 15 is 0 Å². The molecular formula is C29H40N3O2+. The van der Waals surface area contributed by atoms with E-state index in [0.717, 1.165) is 50.6 Å². The highest BCUT2D eigenvalue weighted by Gasteiger charge is 2.43. The van der Waals surface area contributed by atoms with Gasteiger partial charge in [0.2, 0.25) is 0 Å². The van der Waals surface area contributed by atoms with Crippen LogP contribution < -0.4 is 9.38 Å². The Hall–Kier alpha value is -2.50. The fraction of sp³-hybridized carbons (Fsp3) is 0.517. The van der Waals surface area contributed by atoms with Crippen LogP contribution in [0.15, 0.2) is 54.6 Å². The predicted molar refractivity (Wildman–Crippen MR) is 140 cm³/mol. The minimum Gasteiger partial charge on any atom is -0.369 e. The van der Waals surface area contributed by atoms with Crippen molar-refractivity contribution in [1.29, 1.82) is 0 Å². The summed E-state index contributed by atoms with van der Waals surface area (Å²) in [6.07, 6.45) is 4.95. The van der Waals surface area contributed by atoms with Gasteiger partial charge in [-0.1, -0.05) is 44.2 Å². The molecular weight excluding hydrogens is 422 g/mol. The molecule has 1 amide bonds. The van der Waals surface area contributed by atoms with Gasteiger partial charge in [-0.25, -0.2) is 9.28 Å². The number of likely N-dealkylation sites (N-methyl/N-ethyl adjacent to an activating group) is 1. The third kappa shape index (κ3) is 4.69. The Morgan fingerprint density at radius 2 is 1.59 bits per heavy atom. The van der Waals surface area contributed by atoms with Gasteiger partial charge >= 0.3 is 5.91 Å². The summed E-state index contributed by atoms with van der Waals surface area (Å²) in [5, 5.41) is 0. The monoisotopic (exact) mass is 462 g/mol. The average molecular weight is 463 g/mol. The molecule has 2 aromatic rings. The molecule has 0 N–H and O–H groups in total. The number of nitrogens with zero attached hydrogens (tertiary/aromatic N) is 3. The number of hydrogen-bond acceptors (Lipinski definition) is 4. The summed E-state index contributed by atoms with van der Waals surface area (Å²) < 4.78 is -0.0330. The first-order valence-electron chi connectivity index (χ1n) is 12.9. The summed E-state index contributed by atoms with van der Waals surface area (Å²) in [6, 6.07) is 19.2. The van der Waals surface area contributed by atoms with Crippen LogP contribution in [-0.2, 0) is 15.1 Å². The molecule has 1 saturated heterocycles. The molecule has 5 nitrogen and oxygen atoms in total. The Kier molecular flexibility index (Phi) is 7.25. The van der Waals surface area contributed by atoms with E-state index in [9.17, 15) is 9.59 Å². The SMILES string of the molecule is CCC(=O)C(=O)[N+](C)(C)c1cccc(C2(N3CCN(c4ccccc4)CC3)CCC(C)CC2)c1. The minimum atomic E-state index is -0.345. The maximum absolute atomic E-state index is 12.9. The Morgan fingerprint density at radius 1 is 0.941 bits per heavy atom. The van der Waals surface area contributed by atoms with Gasteiger partial charge in [0.25, 0.3) is 5.78 Å². The predicted octanol–water partition coefficient (Wildman–Crippen LogP) is 4.99. The summed E-state index contributed by atoms with van der Waals surface area (Å²) >= 11 is 0. The lowest BCUT2D eigenvalue weighted by Gasteiger charge is -2.51. The molecule has 0 aromatic heterocycles. The molecule has 34 heavy (non-hydrogen) atoms. The van der Waals surface area contributed by atoms with E-state index in [2.05, 4.69) is 65.3 Å². The fourth-order valence-corrected chi connectivity index (χ4v) is 5.78. The van der Waals surface area contributed by atoms with Crippen LogP contribution in [0.2, 0.25) is 0 Å². The number of amides is 1. The first-order valence-corrected chi connectivity index (χ1v) is 12.9. The van der Waals surface area contributed by atoms with Crippen LogP contribution in [0.5, 0.6) is 0 Å². The smallest absolute Gasteiger partial charge is 0.369 e. The van der Waals surface area contributed by atoms with Crippen molar-refractivity contribution in [3.05, 3.63) is 60.2 Å². The molecule has 0 spiro atoms. The van der Waals surface area contributed by atoms with Crippen LogP contribution in [0.3, 0.4) is 0 Å². The quantitative estimate of drug-likeness (QED) is 0.448. The molecule has 0 atom stereocenters. The number of ketones is 1. The molecule has 2 fully saturated rings. The number of carbonyl (C=O) groups is 2. The Balaban J connectivity index is 1.63. The van der Waals surface area contributed by atoms with Gasteiger partial charge in [-0.2, -0.15) is 0 Å². The first kappa shape index (κ1) is 24.6. The molecule has 2 aliphatic rings. The molecule has 0 unspecified atom stereocenters. The highest BCUT2D eigenvalue weighted by Crippen LogP contribution is 2.45. The maximum atomic E-state index is 12.9. The van der Waals surface area contributed by atoms with Crippen molar-refractivity contribution < 1.29 is 9.59 Å². The molecule has 5 heteroatoms. The van der Waals surface area contributed by atoms with Crippen LogP contribution in [0, 0.1) is 5.92 Å². The Labute approximate surface area is 204 Å². The number of para-hydroxylation sites is 1. The van der Waals surface area contributed by atoms with Gasteiger partial charge < -0.3 is 4.90 Å². The molecule has 1 heterocycles. The Bertz CT molecular complexity index is 1000. The van der Waals surface area contributed by atoms with Crippen LogP contribution in [-0.4, -0.2) is 56.9 Å². The number of carbonyl (C=O) groups excluding carboxylic acids is 2. The highest BCUT2D eigenvalue weighted by atomic mass is 16.2. The molecule has 182 valence electrons. The summed E-state index contributed by atoms with van der Waals surface area (Å²) in [7, 11) is 3.67. The van der Waals surface area contributed by atoms with Crippen LogP contribution in [0.25, 0.3) is 0 Å². The number of piperazine rings is 1. The lowest BCUT2D eigenvalue weighted by atomic mass is 9.71. The van der Waals surface area contributed by atoms with Gasteiger partial charge in [-0.05, 0) is 55.4 Å². The van der Waals surface area contributed by atoms with Crippen molar-refractivity contribution in [1.82, 2.24) is 9.38 Å². The summed E-state index contributed by atoms with van der Waals surface area (Å²) in [6.45, 7) is 8.21. The van der Waals surface area contributed by atoms with Gasteiger partial charge in [0.1, 0.15) is 5.69 Å². The average Bonchev–Trinajstić information content (AvgIpc) is 2.89. The number of anilines is 1. The largest absolute Gasteiger partial charge is 0.386 e. The van der Waals surface area contributed by atoms with E-state index in [0.29, 0.717) is 0 Å². The molecule has 1 aliphatic heterocycles. The van der Waals surface area contributed by atoms with Gasteiger partial charge in [-0.3, -0.25) is 9.69 Å². The van der Waals surface area contributed by atoms with Crippen molar-refractivity contribution in [3.63, 3.8) is 0 Å². The van der Waals surface area contributed by atoms with E-state index in [1.165, 1.54) is 24.1 Å². The zero-order chi connectivity index (χ0) is 24.3. The fourth-order valence-electron chi connectivity index (χ4n) is 5.78. The molecule has 0 radical (unpaired) electrons. The second-order valence-corrected chi connectivity index (χ2v) is 10.6. The van der Waals surface area contributed by atoms with Crippen molar-refractivity contribution >= 4 is 23.1 Å². The molecule has 4 rings (SSSR count). The maximum Gasteiger partial charge on any atom is 0.386 e.